The van der Waals surface area contributed by atoms with Crippen molar-refractivity contribution >= 4 is 5.91 Å². The molecule has 0 aliphatic rings. The van der Waals surface area contributed by atoms with E-state index in [1.54, 1.807) is 0 Å². The van der Waals surface area contributed by atoms with Gasteiger partial charge in [-0.15, -0.1) is 0 Å². The van der Waals surface area contributed by atoms with Crippen molar-refractivity contribution in [3.8, 4) is 5.75 Å². The van der Waals surface area contributed by atoms with Gasteiger partial charge >= 0.3 is 0 Å². The Hall–Kier alpha value is -1.55. The van der Waals surface area contributed by atoms with E-state index < -0.39 is 0 Å². The molecule has 0 heterocycles. The number of hydrogen-bond acceptors (Lipinski definition) is 3. The molecule has 0 radical (unpaired) electrons. The molecule has 3 N–H and O–H groups in total. The summed E-state index contributed by atoms with van der Waals surface area (Å²) in [5.41, 5.74) is 6.80. The zero-order chi connectivity index (χ0) is 13.4. The monoisotopic (exact) mass is 250 g/mol. The molecule has 0 aromatic heterocycles. The van der Waals surface area contributed by atoms with Gasteiger partial charge in [0.25, 0.3) is 5.91 Å². The molecule has 0 saturated carbocycles. The normalized spacial score (nSPS) is 11.9. The SMILES string of the molecule is CCCCNC(=O)COc1ccc([C@@H](C)N)cc1. The molecule has 1 aromatic rings. The number of unbranched alkanes of at least 4 members (excludes halogenated alkanes) is 1. The number of benzene rings is 1. The fraction of sp³-hybridized carbons (Fsp3) is 0.500. The summed E-state index contributed by atoms with van der Waals surface area (Å²) >= 11 is 0. The lowest BCUT2D eigenvalue weighted by molar-refractivity contribution is -0.123. The molecule has 0 unspecified atom stereocenters. The summed E-state index contributed by atoms with van der Waals surface area (Å²) in [4.78, 5) is 11.4. The van der Waals surface area contributed by atoms with Crippen molar-refractivity contribution in [1.82, 2.24) is 5.32 Å². The summed E-state index contributed by atoms with van der Waals surface area (Å²) in [6.45, 7) is 4.78. The third kappa shape index (κ3) is 5.19. The average molecular weight is 250 g/mol. The molecule has 1 amide bonds. The van der Waals surface area contributed by atoms with E-state index in [1.165, 1.54) is 0 Å². The summed E-state index contributed by atoms with van der Waals surface area (Å²) in [5.74, 6) is 0.602. The van der Waals surface area contributed by atoms with E-state index in [1.807, 2.05) is 31.2 Å². The molecule has 4 nitrogen and oxygen atoms in total. The van der Waals surface area contributed by atoms with Gasteiger partial charge in [0.1, 0.15) is 5.75 Å². The summed E-state index contributed by atoms with van der Waals surface area (Å²) in [6, 6.07) is 7.50. The Balaban J connectivity index is 2.32. The number of nitrogens with one attached hydrogen (secondary N) is 1. The van der Waals surface area contributed by atoms with Crippen LogP contribution in [0, 0.1) is 0 Å². The van der Waals surface area contributed by atoms with Crippen molar-refractivity contribution in [2.24, 2.45) is 5.73 Å². The Morgan fingerprint density at radius 3 is 2.61 bits per heavy atom. The van der Waals surface area contributed by atoms with Gasteiger partial charge in [-0.2, -0.15) is 0 Å². The Kier molecular flexibility index (Phi) is 6.22. The molecule has 0 fully saturated rings. The van der Waals surface area contributed by atoms with Crippen LogP contribution in [0.25, 0.3) is 0 Å². The van der Waals surface area contributed by atoms with Crippen molar-refractivity contribution in [2.75, 3.05) is 13.2 Å². The van der Waals surface area contributed by atoms with Gasteiger partial charge in [0, 0.05) is 12.6 Å². The predicted octanol–water partition coefficient (Wildman–Crippen LogP) is 2.00. The first-order chi connectivity index (χ1) is 8.63. The van der Waals surface area contributed by atoms with Gasteiger partial charge in [0.15, 0.2) is 6.61 Å². The van der Waals surface area contributed by atoms with Crippen molar-refractivity contribution in [3.05, 3.63) is 29.8 Å². The Morgan fingerprint density at radius 1 is 1.39 bits per heavy atom. The van der Waals surface area contributed by atoms with Gasteiger partial charge in [0.05, 0.1) is 0 Å². The number of ether oxygens (including phenoxy) is 1. The van der Waals surface area contributed by atoms with Crippen LogP contribution in [0.15, 0.2) is 24.3 Å². The second kappa shape index (κ2) is 7.71. The quantitative estimate of drug-likeness (QED) is 0.727. The molecule has 1 atom stereocenters. The molecule has 0 saturated heterocycles. The minimum absolute atomic E-state index is 0.0105. The smallest absolute Gasteiger partial charge is 0.257 e. The second-order valence-electron chi connectivity index (χ2n) is 4.35. The zero-order valence-electron chi connectivity index (χ0n) is 11.1. The molecule has 0 aliphatic carbocycles. The first-order valence-electron chi connectivity index (χ1n) is 6.38. The first-order valence-corrected chi connectivity index (χ1v) is 6.38. The van der Waals surface area contributed by atoms with Crippen LogP contribution in [-0.4, -0.2) is 19.1 Å². The zero-order valence-corrected chi connectivity index (χ0v) is 11.1. The lowest BCUT2D eigenvalue weighted by atomic mass is 10.1. The Bertz CT molecular complexity index is 361. The molecular formula is C14H22N2O2. The largest absolute Gasteiger partial charge is 0.484 e. The van der Waals surface area contributed by atoms with Gasteiger partial charge in [-0.1, -0.05) is 25.5 Å². The van der Waals surface area contributed by atoms with Gasteiger partial charge in [-0.05, 0) is 31.0 Å². The third-order valence-electron chi connectivity index (χ3n) is 2.63. The molecule has 0 bridgehead atoms. The summed E-state index contributed by atoms with van der Waals surface area (Å²) in [6.07, 6.45) is 2.06. The van der Waals surface area contributed by atoms with E-state index in [0.29, 0.717) is 12.3 Å². The number of hydrogen-bond donors (Lipinski definition) is 2. The number of carbonyl (C=O) groups excluding carboxylic acids is 1. The van der Waals surface area contributed by atoms with Crippen LogP contribution < -0.4 is 15.8 Å². The highest BCUT2D eigenvalue weighted by Crippen LogP contribution is 2.15. The topological polar surface area (TPSA) is 64.3 Å². The number of nitrogens with two attached hydrogens (primary N) is 1. The molecule has 0 spiro atoms. The molecule has 0 aliphatic heterocycles. The fourth-order valence-corrected chi connectivity index (χ4v) is 1.47. The van der Waals surface area contributed by atoms with Crippen molar-refractivity contribution < 1.29 is 9.53 Å². The van der Waals surface area contributed by atoms with E-state index in [-0.39, 0.29) is 18.6 Å². The highest BCUT2D eigenvalue weighted by Gasteiger charge is 2.03. The van der Waals surface area contributed by atoms with E-state index in [9.17, 15) is 4.79 Å². The van der Waals surface area contributed by atoms with Crippen LogP contribution in [0.3, 0.4) is 0 Å². The Labute approximate surface area is 109 Å². The standard InChI is InChI=1S/C14H22N2O2/c1-3-4-9-16-14(17)10-18-13-7-5-12(6-8-13)11(2)15/h5-8,11H,3-4,9-10,15H2,1-2H3,(H,16,17)/t11-/m1/s1. The van der Waals surface area contributed by atoms with Crippen LogP contribution in [0.1, 0.15) is 38.3 Å². The lowest BCUT2D eigenvalue weighted by Gasteiger charge is -2.09. The molecule has 1 rings (SSSR count). The second-order valence-corrected chi connectivity index (χ2v) is 4.35. The predicted molar refractivity (Wildman–Crippen MR) is 72.5 cm³/mol. The van der Waals surface area contributed by atoms with Gasteiger partial charge in [-0.3, -0.25) is 4.79 Å². The highest BCUT2D eigenvalue weighted by molar-refractivity contribution is 5.77. The molecule has 4 heteroatoms. The molecule has 100 valence electrons. The molecule has 18 heavy (non-hydrogen) atoms. The lowest BCUT2D eigenvalue weighted by Crippen LogP contribution is -2.29. The highest BCUT2D eigenvalue weighted by atomic mass is 16.5. The van der Waals surface area contributed by atoms with E-state index >= 15 is 0 Å². The average Bonchev–Trinajstić information content (AvgIpc) is 2.37. The van der Waals surface area contributed by atoms with Crippen LogP contribution in [0.5, 0.6) is 5.75 Å². The number of carbonyl (C=O) groups is 1. The van der Waals surface area contributed by atoms with Gasteiger partial charge in [0.2, 0.25) is 0 Å². The van der Waals surface area contributed by atoms with Crippen molar-refractivity contribution in [1.29, 1.82) is 0 Å². The minimum Gasteiger partial charge on any atom is -0.484 e. The van der Waals surface area contributed by atoms with Crippen LogP contribution in [0.4, 0.5) is 0 Å². The van der Waals surface area contributed by atoms with Crippen LogP contribution in [-0.2, 0) is 4.79 Å². The first kappa shape index (κ1) is 14.5. The van der Waals surface area contributed by atoms with Gasteiger partial charge < -0.3 is 15.8 Å². The van der Waals surface area contributed by atoms with Crippen molar-refractivity contribution in [3.63, 3.8) is 0 Å². The Morgan fingerprint density at radius 2 is 2.06 bits per heavy atom. The molecule has 1 aromatic carbocycles. The van der Waals surface area contributed by atoms with E-state index in [2.05, 4.69) is 12.2 Å². The fourth-order valence-electron chi connectivity index (χ4n) is 1.47. The number of rotatable bonds is 7. The maximum absolute atomic E-state index is 11.4. The minimum atomic E-state index is -0.0836. The maximum Gasteiger partial charge on any atom is 0.257 e. The summed E-state index contributed by atoms with van der Waals surface area (Å²) < 4.78 is 5.38. The number of amides is 1. The molecular weight excluding hydrogens is 228 g/mol. The van der Waals surface area contributed by atoms with E-state index in [0.717, 1.165) is 18.4 Å². The summed E-state index contributed by atoms with van der Waals surface area (Å²) in [7, 11) is 0. The van der Waals surface area contributed by atoms with Gasteiger partial charge in [-0.25, -0.2) is 0 Å². The summed E-state index contributed by atoms with van der Waals surface area (Å²) in [5, 5.41) is 2.80. The van der Waals surface area contributed by atoms with Crippen molar-refractivity contribution in [2.45, 2.75) is 32.7 Å². The van der Waals surface area contributed by atoms with Crippen LogP contribution in [0.2, 0.25) is 0 Å². The third-order valence-corrected chi connectivity index (χ3v) is 2.63. The van der Waals surface area contributed by atoms with E-state index in [4.69, 9.17) is 10.5 Å². The maximum atomic E-state index is 11.4. The van der Waals surface area contributed by atoms with Crippen LogP contribution >= 0.6 is 0 Å².